The summed E-state index contributed by atoms with van der Waals surface area (Å²) in [5.74, 6) is 0.191. The van der Waals surface area contributed by atoms with E-state index in [1.807, 2.05) is 19.1 Å². The van der Waals surface area contributed by atoms with Crippen LogP contribution in [0, 0.1) is 0 Å². The molecule has 0 aliphatic carbocycles. The second-order valence-corrected chi connectivity index (χ2v) is 5.58. The second kappa shape index (κ2) is 7.39. The number of nitrogens with zero attached hydrogens (tertiary/aromatic N) is 5. The number of methoxy groups -OCH3 is 1. The van der Waals surface area contributed by atoms with E-state index in [0.717, 1.165) is 37.2 Å². The van der Waals surface area contributed by atoms with Gasteiger partial charge in [0.05, 0.1) is 12.7 Å². The topological polar surface area (TPSA) is 82.4 Å². The van der Waals surface area contributed by atoms with E-state index in [-0.39, 0.29) is 12.7 Å². The normalized spacial score (nSPS) is 14.2. The Morgan fingerprint density at radius 1 is 1.25 bits per heavy atom. The van der Waals surface area contributed by atoms with Gasteiger partial charge in [-0.15, -0.1) is 5.10 Å². The number of anilines is 1. The molecule has 128 valence electrons. The lowest BCUT2D eigenvalue weighted by molar-refractivity contribution is 0.0601. The summed E-state index contributed by atoms with van der Waals surface area (Å²) in [4.78, 5) is 14.3. The van der Waals surface area contributed by atoms with E-state index >= 15 is 0 Å². The fourth-order valence-corrected chi connectivity index (χ4v) is 2.81. The van der Waals surface area contributed by atoms with Crippen molar-refractivity contribution in [2.75, 3.05) is 31.7 Å². The molecule has 3 rings (SSSR count). The molecular weight excluding hydrogens is 310 g/mol. The van der Waals surface area contributed by atoms with Gasteiger partial charge in [-0.05, 0) is 48.4 Å². The number of carbonyl (C=O) groups excluding carboxylic acids is 1. The summed E-state index contributed by atoms with van der Waals surface area (Å²) >= 11 is 0. The fourth-order valence-electron chi connectivity index (χ4n) is 2.81. The monoisotopic (exact) mass is 331 g/mol. The minimum Gasteiger partial charge on any atom is -0.465 e. The van der Waals surface area contributed by atoms with Gasteiger partial charge < -0.3 is 14.4 Å². The van der Waals surface area contributed by atoms with Gasteiger partial charge in [0.2, 0.25) is 0 Å². The average Bonchev–Trinajstić information content (AvgIpc) is 3.30. The third kappa shape index (κ3) is 3.38. The highest BCUT2D eigenvalue weighted by Crippen LogP contribution is 2.28. The first-order valence-electron chi connectivity index (χ1n) is 8.05. The first-order valence-corrected chi connectivity index (χ1v) is 8.05. The standard InChI is InChI=1S/C16H21N5O3/c1-3-24-11-21-15(17-18-19-21)12-8-13(16(22)23-2)10-14(9-12)20-6-4-5-7-20/h8-10H,3-7,11H2,1-2H3. The third-order valence-corrected chi connectivity index (χ3v) is 4.02. The smallest absolute Gasteiger partial charge is 0.337 e. The minimum atomic E-state index is -0.374. The Morgan fingerprint density at radius 2 is 2.04 bits per heavy atom. The predicted octanol–water partition coefficient (Wildman–Crippen LogP) is 1.72. The first-order chi connectivity index (χ1) is 11.7. The molecular formula is C16H21N5O3. The Morgan fingerprint density at radius 3 is 2.75 bits per heavy atom. The van der Waals surface area contributed by atoms with E-state index in [4.69, 9.17) is 9.47 Å². The summed E-state index contributed by atoms with van der Waals surface area (Å²) in [6.07, 6.45) is 2.31. The number of esters is 1. The van der Waals surface area contributed by atoms with Gasteiger partial charge in [0.1, 0.15) is 6.73 Å². The zero-order valence-electron chi connectivity index (χ0n) is 13.9. The highest BCUT2D eigenvalue weighted by Gasteiger charge is 2.19. The van der Waals surface area contributed by atoms with Crippen molar-refractivity contribution in [3.8, 4) is 11.4 Å². The molecule has 0 unspecified atom stereocenters. The van der Waals surface area contributed by atoms with Crippen molar-refractivity contribution in [1.29, 1.82) is 0 Å². The Balaban J connectivity index is 2.01. The number of carbonyl (C=O) groups is 1. The summed E-state index contributed by atoms with van der Waals surface area (Å²) in [5, 5.41) is 11.8. The van der Waals surface area contributed by atoms with Gasteiger partial charge in [0, 0.05) is 30.9 Å². The van der Waals surface area contributed by atoms with Crippen LogP contribution in [0.5, 0.6) is 0 Å². The maximum atomic E-state index is 12.0. The molecule has 2 aromatic rings. The Labute approximate surface area is 140 Å². The van der Waals surface area contributed by atoms with Crippen molar-refractivity contribution in [3.63, 3.8) is 0 Å². The van der Waals surface area contributed by atoms with Crippen LogP contribution in [0.1, 0.15) is 30.1 Å². The molecule has 1 fully saturated rings. The van der Waals surface area contributed by atoms with E-state index in [9.17, 15) is 4.79 Å². The van der Waals surface area contributed by atoms with E-state index in [1.54, 1.807) is 10.7 Å². The van der Waals surface area contributed by atoms with Crippen LogP contribution in [0.15, 0.2) is 18.2 Å². The van der Waals surface area contributed by atoms with Crippen LogP contribution in [0.2, 0.25) is 0 Å². The molecule has 1 aliphatic heterocycles. The van der Waals surface area contributed by atoms with E-state index in [1.165, 1.54) is 7.11 Å². The highest BCUT2D eigenvalue weighted by atomic mass is 16.5. The maximum Gasteiger partial charge on any atom is 0.337 e. The zero-order chi connectivity index (χ0) is 16.9. The Hall–Kier alpha value is -2.48. The van der Waals surface area contributed by atoms with Crippen molar-refractivity contribution in [3.05, 3.63) is 23.8 Å². The maximum absolute atomic E-state index is 12.0. The van der Waals surface area contributed by atoms with Crippen LogP contribution in [0.3, 0.4) is 0 Å². The molecule has 0 radical (unpaired) electrons. The quantitative estimate of drug-likeness (QED) is 0.745. The fraction of sp³-hybridized carbons (Fsp3) is 0.500. The lowest BCUT2D eigenvalue weighted by Crippen LogP contribution is -2.18. The van der Waals surface area contributed by atoms with Crippen molar-refractivity contribution < 1.29 is 14.3 Å². The van der Waals surface area contributed by atoms with Crippen LogP contribution in [0.25, 0.3) is 11.4 Å². The summed E-state index contributed by atoms with van der Waals surface area (Å²) in [6, 6.07) is 5.61. The van der Waals surface area contributed by atoms with E-state index < -0.39 is 0 Å². The van der Waals surface area contributed by atoms with Crippen LogP contribution in [-0.4, -0.2) is 53.0 Å². The lowest BCUT2D eigenvalue weighted by Gasteiger charge is -2.19. The number of hydrogen-bond acceptors (Lipinski definition) is 7. The van der Waals surface area contributed by atoms with Crippen molar-refractivity contribution in [2.24, 2.45) is 0 Å². The molecule has 24 heavy (non-hydrogen) atoms. The van der Waals surface area contributed by atoms with Gasteiger partial charge in [-0.1, -0.05) is 0 Å². The summed E-state index contributed by atoms with van der Waals surface area (Å²) < 4.78 is 11.8. The van der Waals surface area contributed by atoms with E-state index in [0.29, 0.717) is 18.0 Å². The molecule has 1 aromatic heterocycles. The molecule has 8 nitrogen and oxygen atoms in total. The molecule has 0 atom stereocenters. The molecule has 0 saturated carbocycles. The largest absolute Gasteiger partial charge is 0.465 e. The van der Waals surface area contributed by atoms with Crippen molar-refractivity contribution >= 4 is 11.7 Å². The van der Waals surface area contributed by atoms with Crippen LogP contribution in [-0.2, 0) is 16.2 Å². The number of hydrogen-bond donors (Lipinski definition) is 0. The molecule has 2 heterocycles. The number of tetrazole rings is 1. The summed E-state index contributed by atoms with van der Waals surface area (Å²) in [6.45, 7) is 4.70. The third-order valence-electron chi connectivity index (χ3n) is 4.02. The van der Waals surface area contributed by atoms with Gasteiger partial charge in [0.15, 0.2) is 5.82 Å². The molecule has 1 saturated heterocycles. The second-order valence-electron chi connectivity index (χ2n) is 5.58. The van der Waals surface area contributed by atoms with Crippen molar-refractivity contribution in [1.82, 2.24) is 20.2 Å². The number of benzene rings is 1. The summed E-state index contributed by atoms with van der Waals surface area (Å²) in [7, 11) is 1.38. The van der Waals surface area contributed by atoms with E-state index in [2.05, 4.69) is 20.4 Å². The van der Waals surface area contributed by atoms with Gasteiger partial charge in [-0.3, -0.25) is 0 Å². The number of rotatable bonds is 6. The zero-order valence-corrected chi connectivity index (χ0v) is 13.9. The van der Waals surface area contributed by atoms with Crippen LogP contribution >= 0.6 is 0 Å². The van der Waals surface area contributed by atoms with Gasteiger partial charge in [0.25, 0.3) is 0 Å². The molecule has 1 aliphatic rings. The molecule has 0 N–H and O–H groups in total. The van der Waals surface area contributed by atoms with Gasteiger partial charge in [-0.25, -0.2) is 4.79 Å². The predicted molar refractivity (Wildman–Crippen MR) is 87.7 cm³/mol. The first kappa shape index (κ1) is 16.4. The molecule has 8 heteroatoms. The number of aromatic nitrogens is 4. The van der Waals surface area contributed by atoms with Crippen LogP contribution in [0.4, 0.5) is 5.69 Å². The van der Waals surface area contributed by atoms with Crippen molar-refractivity contribution in [2.45, 2.75) is 26.5 Å². The minimum absolute atomic E-state index is 0.264. The highest BCUT2D eigenvalue weighted by molar-refractivity contribution is 5.92. The van der Waals surface area contributed by atoms with Gasteiger partial charge in [-0.2, -0.15) is 4.68 Å². The molecule has 0 amide bonds. The summed E-state index contributed by atoms with van der Waals surface area (Å²) in [5.41, 5.74) is 2.24. The van der Waals surface area contributed by atoms with Crippen LogP contribution < -0.4 is 4.90 Å². The SMILES string of the molecule is CCOCn1nnnc1-c1cc(C(=O)OC)cc(N2CCCC2)c1. The molecule has 0 bridgehead atoms. The average molecular weight is 331 g/mol. The Bertz CT molecular complexity index is 709. The molecule has 0 spiro atoms. The Kier molecular flexibility index (Phi) is 5.05. The number of ether oxygens (including phenoxy) is 2. The molecule has 1 aromatic carbocycles. The van der Waals surface area contributed by atoms with Gasteiger partial charge >= 0.3 is 5.97 Å². The lowest BCUT2D eigenvalue weighted by atomic mass is 10.1.